The van der Waals surface area contributed by atoms with Gasteiger partial charge in [-0.1, -0.05) is 13.8 Å². The smallest absolute Gasteiger partial charge is 0.174 e. The van der Waals surface area contributed by atoms with Crippen molar-refractivity contribution in [2.75, 3.05) is 18.5 Å². The van der Waals surface area contributed by atoms with Crippen LogP contribution < -0.4 is 10.1 Å². The minimum atomic E-state index is 0.0960. The molecule has 3 heteroatoms. The minimum absolute atomic E-state index is 0.0960. The van der Waals surface area contributed by atoms with Crippen LogP contribution in [-0.4, -0.2) is 13.2 Å². The molecule has 0 heterocycles. The van der Waals surface area contributed by atoms with E-state index >= 15 is 0 Å². The molecule has 3 nitrogen and oxygen atoms in total. The first kappa shape index (κ1) is 11.4. The van der Waals surface area contributed by atoms with Crippen LogP contribution in [0.3, 0.4) is 0 Å². The molecule has 1 aromatic rings. The van der Waals surface area contributed by atoms with Crippen molar-refractivity contribution in [3.8, 4) is 11.8 Å². The predicted octanol–water partition coefficient (Wildman–Crippen LogP) is 2.66. The SMILES string of the molecule is CC(C)CNc1ccc(OCC#N)cc1. The Morgan fingerprint density at radius 3 is 2.53 bits per heavy atom. The number of nitrogens with zero attached hydrogens (tertiary/aromatic N) is 1. The Morgan fingerprint density at radius 2 is 2.00 bits per heavy atom. The van der Waals surface area contributed by atoms with Gasteiger partial charge >= 0.3 is 0 Å². The number of hydrogen-bond donors (Lipinski definition) is 1. The molecule has 0 aromatic heterocycles. The zero-order valence-electron chi connectivity index (χ0n) is 9.16. The number of nitriles is 1. The van der Waals surface area contributed by atoms with Crippen molar-refractivity contribution in [1.29, 1.82) is 5.26 Å². The fraction of sp³-hybridized carbons (Fsp3) is 0.417. The predicted molar refractivity (Wildman–Crippen MR) is 60.9 cm³/mol. The van der Waals surface area contributed by atoms with Gasteiger partial charge in [0.25, 0.3) is 0 Å². The van der Waals surface area contributed by atoms with Gasteiger partial charge in [-0.2, -0.15) is 5.26 Å². The Bertz CT molecular complexity index is 324. The normalized spacial score (nSPS) is 9.73. The van der Waals surface area contributed by atoms with Crippen molar-refractivity contribution < 1.29 is 4.74 Å². The first-order valence-electron chi connectivity index (χ1n) is 5.06. The monoisotopic (exact) mass is 204 g/mol. The molecule has 0 radical (unpaired) electrons. The number of nitrogens with one attached hydrogen (secondary N) is 1. The zero-order valence-corrected chi connectivity index (χ0v) is 9.16. The van der Waals surface area contributed by atoms with Gasteiger partial charge in [0.15, 0.2) is 6.61 Å². The highest BCUT2D eigenvalue weighted by molar-refractivity contribution is 5.46. The van der Waals surface area contributed by atoms with Crippen LogP contribution in [0.25, 0.3) is 0 Å². The van der Waals surface area contributed by atoms with E-state index in [1.807, 2.05) is 30.3 Å². The average molecular weight is 204 g/mol. The summed E-state index contributed by atoms with van der Waals surface area (Å²) in [6, 6.07) is 9.56. The first-order chi connectivity index (χ1) is 7.22. The largest absolute Gasteiger partial charge is 0.479 e. The third-order valence-electron chi connectivity index (χ3n) is 1.87. The van der Waals surface area contributed by atoms with E-state index in [0.717, 1.165) is 18.0 Å². The van der Waals surface area contributed by atoms with Crippen LogP contribution >= 0.6 is 0 Å². The molecule has 1 rings (SSSR count). The van der Waals surface area contributed by atoms with Gasteiger partial charge in [0.05, 0.1) is 0 Å². The molecule has 0 amide bonds. The third kappa shape index (κ3) is 4.37. The molecule has 1 aromatic carbocycles. The van der Waals surface area contributed by atoms with Crippen LogP contribution in [0.4, 0.5) is 5.69 Å². The van der Waals surface area contributed by atoms with E-state index in [4.69, 9.17) is 10.00 Å². The summed E-state index contributed by atoms with van der Waals surface area (Å²) in [6.07, 6.45) is 0. The second-order valence-corrected chi connectivity index (χ2v) is 3.75. The quantitative estimate of drug-likeness (QED) is 0.802. The maximum Gasteiger partial charge on any atom is 0.174 e. The van der Waals surface area contributed by atoms with Crippen LogP contribution in [0.1, 0.15) is 13.8 Å². The molecule has 0 saturated heterocycles. The third-order valence-corrected chi connectivity index (χ3v) is 1.87. The molecular weight excluding hydrogens is 188 g/mol. The molecule has 0 fully saturated rings. The second-order valence-electron chi connectivity index (χ2n) is 3.75. The van der Waals surface area contributed by atoms with Crippen molar-refractivity contribution in [3.63, 3.8) is 0 Å². The number of hydrogen-bond acceptors (Lipinski definition) is 3. The number of anilines is 1. The van der Waals surface area contributed by atoms with E-state index in [-0.39, 0.29) is 6.61 Å². The molecule has 1 N–H and O–H groups in total. The molecule has 15 heavy (non-hydrogen) atoms. The fourth-order valence-corrected chi connectivity index (χ4v) is 1.11. The summed E-state index contributed by atoms with van der Waals surface area (Å²) in [5.41, 5.74) is 1.08. The van der Waals surface area contributed by atoms with Gasteiger partial charge in [0, 0.05) is 12.2 Å². The highest BCUT2D eigenvalue weighted by Gasteiger charge is 1.96. The van der Waals surface area contributed by atoms with Crippen LogP contribution in [0.2, 0.25) is 0 Å². The summed E-state index contributed by atoms with van der Waals surface area (Å²) in [4.78, 5) is 0. The fourth-order valence-electron chi connectivity index (χ4n) is 1.11. The van der Waals surface area contributed by atoms with Crippen molar-refractivity contribution in [3.05, 3.63) is 24.3 Å². The summed E-state index contributed by atoms with van der Waals surface area (Å²) in [5, 5.41) is 11.6. The molecule has 0 aliphatic rings. The summed E-state index contributed by atoms with van der Waals surface area (Å²) < 4.78 is 5.15. The van der Waals surface area contributed by atoms with Crippen molar-refractivity contribution in [2.45, 2.75) is 13.8 Å². The Kier molecular flexibility index (Phi) is 4.49. The van der Waals surface area contributed by atoms with E-state index in [1.165, 1.54) is 0 Å². The molecule has 0 aliphatic carbocycles. The van der Waals surface area contributed by atoms with Gasteiger partial charge in [-0.25, -0.2) is 0 Å². The maximum absolute atomic E-state index is 8.34. The summed E-state index contributed by atoms with van der Waals surface area (Å²) in [6.45, 7) is 5.38. The molecule has 0 spiro atoms. The van der Waals surface area contributed by atoms with Crippen molar-refractivity contribution in [2.24, 2.45) is 5.92 Å². The Balaban J connectivity index is 2.46. The van der Waals surface area contributed by atoms with Gasteiger partial charge in [0.2, 0.25) is 0 Å². The number of rotatable bonds is 5. The topological polar surface area (TPSA) is 45.0 Å². The second kappa shape index (κ2) is 5.92. The van der Waals surface area contributed by atoms with Gasteiger partial charge < -0.3 is 10.1 Å². The highest BCUT2D eigenvalue weighted by Crippen LogP contribution is 2.15. The van der Waals surface area contributed by atoms with E-state index in [2.05, 4.69) is 19.2 Å². The number of ether oxygens (including phenoxy) is 1. The van der Waals surface area contributed by atoms with Gasteiger partial charge in [-0.05, 0) is 30.2 Å². The van der Waals surface area contributed by atoms with Gasteiger partial charge in [-0.3, -0.25) is 0 Å². The van der Waals surface area contributed by atoms with Crippen molar-refractivity contribution >= 4 is 5.69 Å². The molecule has 0 saturated carbocycles. The number of benzene rings is 1. The van der Waals surface area contributed by atoms with E-state index in [1.54, 1.807) is 0 Å². The van der Waals surface area contributed by atoms with Gasteiger partial charge in [0.1, 0.15) is 11.8 Å². The minimum Gasteiger partial charge on any atom is -0.479 e. The zero-order chi connectivity index (χ0) is 11.1. The molecule has 80 valence electrons. The molecule has 0 bridgehead atoms. The first-order valence-corrected chi connectivity index (χ1v) is 5.06. The molecule has 0 aliphatic heterocycles. The lowest BCUT2D eigenvalue weighted by molar-refractivity contribution is 0.368. The van der Waals surface area contributed by atoms with E-state index in [9.17, 15) is 0 Å². The highest BCUT2D eigenvalue weighted by atomic mass is 16.5. The maximum atomic E-state index is 8.34. The van der Waals surface area contributed by atoms with E-state index < -0.39 is 0 Å². The van der Waals surface area contributed by atoms with Crippen LogP contribution in [0.5, 0.6) is 5.75 Å². The Labute approximate surface area is 90.7 Å². The summed E-state index contributed by atoms with van der Waals surface area (Å²) in [7, 11) is 0. The molecule has 0 atom stereocenters. The van der Waals surface area contributed by atoms with E-state index in [0.29, 0.717) is 5.92 Å². The Morgan fingerprint density at radius 1 is 1.33 bits per heavy atom. The van der Waals surface area contributed by atoms with Crippen LogP contribution in [0, 0.1) is 17.2 Å². The average Bonchev–Trinajstić information content (AvgIpc) is 2.25. The van der Waals surface area contributed by atoms with Gasteiger partial charge in [-0.15, -0.1) is 0 Å². The standard InChI is InChI=1S/C12H16N2O/c1-10(2)9-14-11-3-5-12(6-4-11)15-8-7-13/h3-6,10,14H,8-9H2,1-2H3. The van der Waals surface area contributed by atoms with Crippen LogP contribution in [-0.2, 0) is 0 Å². The lowest BCUT2D eigenvalue weighted by atomic mass is 10.2. The lowest BCUT2D eigenvalue weighted by Crippen LogP contribution is -2.07. The lowest BCUT2D eigenvalue weighted by Gasteiger charge is -2.09. The van der Waals surface area contributed by atoms with Crippen molar-refractivity contribution in [1.82, 2.24) is 0 Å². The summed E-state index contributed by atoms with van der Waals surface area (Å²) >= 11 is 0. The Hall–Kier alpha value is -1.69. The summed E-state index contributed by atoms with van der Waals surface area (Å²) in [5.74, 6) is 1.35. The molecular formula is C12H16N2O. The molecule has 0 unspecified atom stereocenters. The van der Waals surface area contributed by atoms with Crippen LogP contribution in [0.15, 0.2) is 24.3 Å².